The molecule has 0 radical (unpaired) electrons. The Kier molecular flexibility index (Phi) is 4.35. The third kappa shape index (κ3) is 3.54. The number of hydrogen-bond acceptors (Lipinski definition) is 2. The number of nitrogens with one attached hydrogen (secondary N) is 2. The number of carbonyl (C=O) groups excluding carboxylic acids is 1. The highest BCUT2D eigenvalue weighted by atomic mass is 35.5. The van der Waals surface area contributed by atoms with Gasteiger partial charge in [0.2, 0.25) is 0 Å². The van der Waals surface area contributed by atoms with E-state index in [0.29, 0.717) is 16.5 Å². The molecule has 0 aliphatic carbocycles. The molecule has 2 amide bonds. The maximum absolute atomic E-state index is 11.9. The van der Waals surface area contributed by atoms with Gasteiger partial charge in [0.15, 0.2) is 0 Å². The summed E-state index contributed by atoms with van der Waals surface area (Å²) in [6.45, 7) is 5.66. The Hall–Kier alpha value is -1.94. The molecule has 20 heavy (non-hydrogen) atoms. The van der Waals surface area contributed by atoms with Crippen molar-refractivity contribution in [3.8, 4) is 0 Å². The molecule has 1 atom stereocenters. The van der Waals surface area contributed by atoms with Crippen LogP contribution in [0.5, 0.6) is 0 Å². The van der Waals surface area contributed by atoms with Crippen LogP contribution < -0.4 is 10.6 Å². The molecule has 2 aromatic rings. The van der Waals surface area contributed by atoms with Crippen molar-refractivity contribution in [2.24, 2.45) is 0 Å². The fourth-order valence-electron chi connectivity index (χ4n) is 1.83. The van der Waals surface area contributed by atoms with Crippen molar-refractivity contribution in [1.82, 2.24) is 5.32 Å². The van der Waals surface area contributed by atoms with E-state index < -0.39 is 0 Å². The molecule has 2 N–H and O–H groups in total. The van der Waals surface area contributed by atoms with E-state index in [1.54, 1.807) is 12.1 Å². The number of amides is 2. The molecule has 0 saturated heterocycles. The van der Waals surface area contributed by atoms with Crippen molar-refractivity contribution in [1.29, 1.82) is 0 Å². The van der Waals surface area contributed by atoms with Gasteiger partial charge in [0, 0.05) is 0 Å². The quantitative estimate of drug-likeness (QED) is 0.879. The Labute approximate surface area is 123 Å². The third-order valence-corrected chi connectivity index (χ3v) is 3.22. The van der Waals surface area contributed by atoms with Crippen molar-refractivity contribution in [2.75, 3.05) is 5.32 Å². The van der Waals surface area contributed by atoms with E-state index in [-0.39, 0.29) is 12.1 Å². The molecule has 0 spiro atoms. The van der Waals surface area contributed by atoms with E-state index in [1.165, 1.54) is 0 Å². The summed E-state index contributed by atoms with van der Waals surface area (Å²) < 4.78 is 5.47. The smallest absolute Gasteiger partial charge is 0.319 e. The monoisotopic (exact) mass is 292 g/mol. The van der Waals surface area contributed by atoms with Gasteiger partial charge in [-0.3, -0.25) is 0 Å². The van der Waals surface area contributed by atoms with Crippen LogP contribution in [0.4, 0.5) is 10.5 Å². The highest BCUT2D eigenvalue weighted by molar-refractivity contribution is 6.33. The number of anilines is 1. The Morgan fingerprint density at radius 2 is 2.00 bits per heavy atom. The number of urea groups is 1. The van der Waals surface area contributed by atoms with Gasteiger partial charge in [-0.15, -0.1) is 0 Å². The second-order valence-electron chi connectivity index (χ2n) is 4.75. The molecule has 0 unspecified atom stereocenters. The zero-order valence-electron chi connectivity index (χ0n) is 11.7. The second kappa shape index (κ2) is 6.01. The molecule has 1 aromatic carbocycles. The molecule has 5 heteroatoms. The van der Waals surface area contributed by atoms with E-state index in [2.05, 4.69) is 10.6 Å². The van der Waals surface area contributed by atoms with Gasteiger partial charge in [-0.25, -0.2) is 4.79 Å². The van der Waals surface area contributed by atoms with Crippen molar-refractivity contribution in [3.05, 3.63) is 52.4 Å². The maximum atomic E-state index is 11.9. The third-order valence-electron chi connectivity index (χ3n) is 2.91. The second-order valence-corrected chi connectivity index (χ2v) is 5.16. The van der Waals surface area contributed by atoms with Gasteiger partial charge in [0.05, 0.1) is 16.8 Å². The molecule has 0 saturated carbocycles. The van der Waals surface area contributed by atoms with Gasteiger partial charge in [-0.1, -0.05) is 17.7 Å². The minimum atomic E-state index is -0.322. The van der Waals surface area contributed by atoms with E-state index in [1.807, 2.05) is 39.0 Å². The average Bonchev–Trinajstić information content (AvgIpc) is 2.79. The molecule has 0 aliphatic rings. The number of halogens is 1. The van der Waals surface area contributed by atoms with Gasteiger partial charge in [0.1, 0.15) is 11.5 Å². The minimum absolute atomic E-state index is 0.215. The van der Waals surface area contributed by atoms with Gasteiger partial charge in [-0.05, 0) is 50.6 Å². The Balaban J connectivity index is 1.98. The summed E-state index contributed by atoms with van der Waals surface area (Å²) in [5, 5.41) is 6.03. The van der Waals surface area contributed by atoms with Crippen LogP contribution in [-0.2, 0) is 0 Å². The summed E-state index contributed by atoms with van der Waals surface area (Å²) in [4.78, 5) is 11.9. The number of hydrogen-bond donors (Lipinski definition) is 2. The van der Waals surface area contributed by atoms with Crippen LogP contribution in [0, 0.1) is 13.8 Å². The van der Waals surface area contributed by atoms with Crippen LogP contribution >= 0.6 is 11.6 Å². The average molecular weight is 293 g/mol. The summed E-state index contributed by atoms with van der Waals surface area (Å²) in [5.41, 5.74) is 1.62. The van der Waals surface area contributed by atoms with Crippen LogP contribution in [-0.4, -0.2) is 6.03 Å². The Morgan fingerprint density at radius 1 is 1.25 bits per heavy atom. The summed E-state index contributed by atoms with van der Waals surface area (Å²) in [5.74, 6) is 1.53. The summed E-state index contributed by atoms with van der Waals surface area (Å²) in [6, 6.07) is 8.64. The van der Waals surface area contributed by atoms with Crippen LogP contribution in [0.25, 0.3) is 0 Å². The SMILES string of the molecule is Cc1ccc(NC(=O)N[C@@H](C)c2ccc(C)o2)c(Cl)c1. The van der Waals surface area contributed by atoms with Crippen molar-refractivity contribution in [2.45, 2.75) is 26.8 Å². The number of carbonyl (C=O) groups is 1. The molecular formula is C15H17ClN2O2. The lowest BCUT2D eigenvalue weighted by Gasteiger charge is -2.13. The van der Waals surface area contributed by atoms with Crippen molar-refractivity contribution < 1.29 is 9.21 Å². The van der Waals surface area contributed by atoms with Crippen LogP contribution in [0.15, 0.2) is 34.7 Å². The first-order valence-corrected chi connectivity index (χ1v) is 6.73. The number of benzene rings is 1. The van der Waals surface area contributed by atoms with E-state index in [9.17, 15) is 4.79 Å². The minimum Gasteiger partial charge on any atom is -0.464 e. The largest absolute Gasteiger partial charge is 0.464 e. The molecule has 1 heterocycles. The summed E-state index contributed by atoms with van der Waals surface area (Å²) in [6.07, 6.45) is 0. The highest BCUT2D eigenvalue weighted by Crippen LogP contribution is 2.23. The number of aryl methyl sites for hydroxylation is 2. The first-order chi connectivity index (χ1) is 9.45. The zero-order chi connectivity index (χ0) is 14.7. The first kappa shape index (κ1) is 14.5. The lowest BCUT2D eigenvalue weighted by molar-refractivity contribution is 0.247. The summed E-state index contributed by atoms with van der Waals surface area (Å²) >= 11 is 6.07. The zero-order valence-corrected chi connectivity index (χ0v) is 12.4. The fourth-order valence-corrected chi connectivity index (χ4v) is 2.12. The Morgan fingerprint density at radius 3 is 2.60 bits per heavy atom. The van der Waals surface area contributed by atoms with E-state index in [0.717, 1.165) is 11.3 Å². The van der Waals surface area contributed by atoms with Crippen molar-refractivity contribution >= 4 is 23.3 Å². The van der Waals surface area contributed by atoms with Gasteiger partial charge >= 0.3 is 6.03 Å². The van der Waals surface area contributed by atoms with Crippen LogP contribution in [0.1, 0.15) is 30.0 Å². The van der Waals surface area contributed by atoms with Gasteiger partial charge < -0.3 is 15.1 Å². The van der Waals surface area contributed by atoms with Gasteiger partial charge in [0.25, 0.3) is 0 Å². The molecule has 0 aliphatic heterocycles. The van der Waals surface area contributed by atoms with Crippen LogP contribution in [0.2, 0.25) is 5.02 Å². The van der Waals surface area contributed by atoms with Crippen molar-refractivity contribution in [3.63, 3.8) is 0 Å². The Bertz CT molecular complexity index is 622. The molecule has 2 rings (SSSR count). The van der Waals surface area contributed by atoms with E-state index >= 15 is 0 Å². The molecule has 1 aromatic heterocycles. The standard InChI is InChI=1S/C15H17ClN2O2/c1-9-4-6-13(12(16)8-9)18-15(19)17-11(3)14-7-5-10(2)20-14/h4-8,11H,1-3H3,(H2,17,18,19)/t11-/m0/s1. The highest BCUT2D eigenvalue weighted by Gasteiger charge is 2.13. The maximum Gasteiger partial charge on any atom is 0.319 e. The summed E-state index contributed by atoms with van der Waals surface area (Å²) in [7, 11) is 0. The number of furan rings is 1. The molecule has 0 fully saturated rings. The topological polar surface area (TPSA) is 54.3 Å². The lowest BCUT2D eigenvalue weighted by atomic mass is 10.2. The van der Waals surface area contributed by atoms with Gasteiger partial charge in [-0.2, -0.15) is 0 Å². The molecule has 106 valence electrons. The fraction of sp³-hybridized carbons (Fsp3) is 0.267. The molecule has 4 nitrogen and oxygen atoms in total. The molecular weight excluding hydrogens is 276 g/mol. The predicted octanol–water partition coefficient (Wildman–Crippen LogP) is 4.43. The lowest BCUT2D eigenvalue weighted by Crippen LogP contribution is -2.31. The molecule has 0 bridgehead atoms. The normalized spacial score (nSPS) is 12.0. The number of rotatable bonds is 3. The predicted molar refractivity (Wildman–Crippen MR) is 80.2 cm³/mol. The van der Waals surface area contributed by atoms with Crippen LogP contribution in [0.3, 0.4) is 0 Å². The first-order valence-electron chi connectivity index (χ1n) is 6.35. The van der Waals surface area contributed by atoms with E-state index in [4.69, 9.17) is 16.0 Å².